The molecule has 0 aromatic carbocycles. The summed E-state index contributed by atoms with van der Waals surface area (Å²) >= 11 is 4.62. The highest BCUT2D eigenvalue weighted by atomic mass is 32.1. The van der Waals surface area contributed by atoms with E-state index in [-0.39, 0.29) is 22.9 Å². The van der Waals surface area contributed by atoms with Crippen molar-refractivity contribution in [3.05, 3.63) is 0 Å². The molecule has 1 amide bonds. The second-order valence-electron chi connectivity index (χ2n) is 3.61. The first-order valence-electron chi connectivity index (χ1n) is 4.56. The fourth-order valence-corrected chi connectivity index (χ4v) is 1.11. The number of carbonyl (C=O) groups excluding carboxylic acids is 1. The van der Waals surface area contributed by atoms with E-state index in [1.807, 2.05) is 20.8 Å². The van der Waals surface area contributed by atoms with Gasteiger partial charge in [-0.05, 0) is 20.8 Å². The van der Waals surface area contributed by atoms with Crippen LogP contribution >= 0.6 is 12.2 Å². The van der Waals surface area contributed by atoms with Gasteiger partial charge in [-0.3, -0.25) is 4.79 Å². The molecular formula is C9H18N2O2S. The van der Waals surface area contributed by atoms with Crippen molar-refractivity contribution in [3.8, 4) is 0 Å². The van der Waals surface area contributed by atoms with Crippen molar-refractivity contribution in [3.63, 3.8) is 0 Å². The molecule has 0 bridgehead atoms. The molecule has 0 radical (unpaired) electrons. The molecule has 0 fully saturated rings. The summed E-state index contributed by atoms with van der Waals surface area (Å²) in [5.74, 6) is -0.162. The van der Waals surface area contributed by atoms with E-state index in [0.29, 0.717) is 13.2 Å². The van der Waals surface area contributed by atoms with Crippen LogP contribution in [0.4, 0.5) is 0 Å². The molecule has 0 saturated carbocycles. The van der Waals surface area contributed by atoms with Gasteiger partial charge in [-0.2, -0.15) is 0 Å². The number of hydrogen-bond acceptors (Lipinski definition) is 3. The van der Waals surface area contributed by atoms with Crippen molar-refractivity contribution in [1.82, 2.24) is 5.32 Å². The van der Waals surface area contributed by atoms with E-state index in [1.54, 1.807) is 0 Å². The third-order valence-electron chi connectivity index (χ3n) is 1.58. The van der Waals surface area contributed by atoms with Gasteiger partial charge in [0, 0.05) is 13.2 Å². The van der Waals surface area contributed by atoms with Gasteiger partial charge in [0.1, 0.15) is 0 Å². The maximum absolute atomic E-state index is 11.2. The van der Waals surface area contributed by atoms with Gasteiger partial charge in [0.05, 0.1) is 17.0 Å². The maximum atomic E-state index is 11.2. The Morgan fingerprint density at radius 1 is 1.57 bits per heavy atom. The first-order chi connectivity index (χ1) is 6.37. The minimum Gasteiger partial charge on any atom is -0.393 e. The molecule has 0 aliphatic heterocycles. The lowest BCUT2D eigenvalue weighted by Crippen LogP contribution is -2.41. The average Bonchev–Trinajstić information content (AvgIpc) is 2.00. The van der Waals surface area contributed by atoms with Crippen molar-refractivity contribution in [1.29, 1.82) is 0 Å². The SMILES string of the molecule is CCOC(C)(C)CNC(=O)CC(N)=S. The van der Waals surface area contributed by atoms with E-state index >= 15 is 0 Å². The zero-order chi connectivity index (χ0) is 11.2. The topological polar surface area (TPSA) is 64.3 Å². The van der Waals surface area contributed by atoms with E-state index in [2.05, 4.69) is 17.5 Å². The van der Waals surface area contributed by atoms with Gasteiger partial charge in [-0.25, -0.2) is 0 Å². The molecule has 0 aliphatic rings. The standard InChI is InChI=1S/C9H18N2O2S/c1-4-13-9(2,3)6-11-8(12)5-7(10)14/h4-6H2,1-3H3,(H2,10,14)(H,11,12). The normalized spacial score (nSPS) is 11.1. The van der Waals surface area contributed by atoms with Gasteiger partial charge >= 0.3 is 0 Å². The molecule has 82 valence electrons. The Kier molecular flexibility index (Phi) is 5.64. The molecular weight excluding hydrogens is 200 g/mol. The van der Waals surface area contributed by atoms with Crippen LogP contribution in [-0.2, 0) is 9.53 Å². The highest BCUT2D eigenvalue weighted by Crippen LogP contribution is 2.06. The van der Waals surface area contributed by atoms with E-state index in [1.165, 1.54) is 0 Å². The number of thiocarbonyl (C=S) groups is 1. The summed E-state index contributed by atoms with van der Waals surface area (Å²) in [6.45, 7) is 6.83. The molecule has 5 heteroatoms. The Balaban J connectivity index is 3.81. The smallest absolute Gasteiger partial charge is 0.226 e. The van der Waals surface area contributed by atoms with E-state index < -0.39 is 0 Å². The van der Waals surface area contributed by atoms with Crippen LogP contribution in [0.3, 0.4) is 0 Å². The summed E-state index contributed by atoms with van der Waals surface area (Å²) in [5, 5.41) is 2.71. The van der Waals surface area contributed by atoms with Crippen molar-refractivity contribution < 1.29 is 9.53 Å². The Bertz CT molecular complexity index is 217. The summed E-state index contributed by atoms with van der Waals surface area (Å²) in [5.41, 5.74) is 4.88. The highest BCUT2D eigenvalue weighted by Gasteiger charge is 2.18. The van der Waals surface area contributed by atoms with E-state index in [0.717, 1.165) is 0 Å². The number of ether oxygens (including phenoxy) is 1. The number of nitrogens with one attached hydrogen (secondary N) is 1. The zero-order valence-electron chi connectivity index (χ0n) is 8.92. The minimum absolute atomic E-state index is 0.0948. The second kappa shape index (κ2) is 5.93. The molecule has 0 unspecified atom stereocenters. The minimum atomic E-state index is -0.347. The van der Waals surface area contributed by atoms with Crippen molar-refractivity contribution in [2.45, 2.75) is 32.8 Å². The third-order valence-corrected chi connectivity index (χ3v) is 1.73. The molecule has 4 nitrogen and oxygen atoms in total. The number of nitrogens with two attached hydrogens (primary N) is 1. The van der Waals surface area contributed by atoms with Crippen LogP contribution in [0.2, 0.25) is 0 Å². The number of hydrogen-bond donors (Lipinski definition) is 2. The van der Waals surface area contributed by atoms with Crippen LogP contribution in [0.25, 0.3) is 0 Å². The lowest BCUT2D eigenvalue weighted by Gasteiger charge is -2.24. The zero-order valence-corrected chi connectivity index (χ0v) is 9.74. The lowest BCUT2D eigenvalue weighted by molar-refractivity contribution is -0.121. The number of rotatable bonds is 6. The quantitative estimate of drug-likeness (QED) is 0.641. The van der Waals surface area contributed by atoms with Crippen LogP contribution < -0.4 is 11.1 Å². The fourth-order valence-electron chi connectivity index (χ4n) is 0.974. The molecule has 0 atom stereocenters. The van der Waals surface area contributed by atoms with Crippen LogP contribution in [0.15, 0.2) is 0 Å². The average molecular weight is 218 g/mol. The molecule has 0 aromatic heterocycles. The summed E-state index contributed by atoms with van der Waals surface area (Å²) in [6.07, 6.45) is 0.0948. The van der Waals surface area contributed by atoms with Gasteiger partial charge < -0.3 is 15.8 Å². The largest absolute Gasteiger partial charge is 0.393 e. The van der Waals surface area contributed by atoms with Gasteiger partial charge in [0.25, 0.3) is 0 Å². The Morgan fingerprint density at radius 3 is 2.57 bits per heavy atom. The summed E-state index contributed by atoms with van der Waals surface area (Å²) < 4.78 is 5.41. The van der Waals surface area contributed by atoms with Gasteiger partial charge in [-0.1, -0.05) is 12.2 Å². The predicted octanol–water partition coefficient (Wildman–Crippen LogP) is 0.594. The van der Waals surface area contributed by atoms with Gasteiger partial charge in [0.2, 0.25) is 5.91 Å². The monoisotopic (exact) mass is 218 g/mol. The van der Waals surface area contributed by atoms with Crippen LogP contribution in [-0.4, -0.2) is 29.6 Å². The van der Waals surface area contributed by atoms with Gasteiger partial charge in [-0.15, -0.1) is 0 Å². The first-order valence-corrected chi connectivity index (χ1v) is 4.97. The number of carbonyl (C=O) groups is 1. The second-order valence-corrected chi connectivity index (χ2v) is 4.14. The van der Waals surface area contributed by atoms with Crippen molar-refractivity contribution >= 4 is 23.1 Å². The molecule has 0 rings (SSSR count). The Morgan fingerprint density at radius 2 is 2.14 bits per heavy atom. The first kappa shape index (κ1) is 13.3. The summed E-state index contributed by atoms with van der Waals surface area (Å²) in [4.78, 5) is 11.4. The highest BCUT2D eigenvalue weighted by molar-refractivity contribution is 7.80. The molecule has 0 aromatic rings. The van der Waals surface area contributed by atoms with Crippen LogP contribution in [0.5, 0.6) is 0 Å². The predicted molar refractivity (Wildman–Crippen MR) is 60.1 cm³/mol. The third kappa shape index (κ3) is 6.80. The summed E-state index contributed by atoms with van der Waals surface area (Å²) in [6, 6.07) is 0. The Labute approximate surface area is 90.2 Å². The Hall–Kier alpha value is -0.680. The molecule has 0 heterocycles. The molecule has 14 heavy (non-hydrogen) atoms. The van der Waals surface area contributed by atoms with E-state index in [4.69, 9.17) is 10.5 Å². The fraction of sp³-hybridized carbons (Fsp3) is 0.778. The van der Waals surface area contributed by atoms with Crippen LogP contribution in [0, 0.1) is 0 Å². The van der Waals surface area contributed by atoms with Crippen molar-refractivity contribution in [2.75, 3.05) is 13.2 Å². The van der Waals surface area contributed by atoms with E-state index in [9.17, 15) is 4.79 Å². The molecule has 0 saturated heterocycles. The molecule has 3 N–H and O–H groups in total. The van der Waals surface area contributed by atoms with Gasteiger partial charge in [0.15, 0.2) is 0 Å². The molecule has 0 spiro atoms. The van der Waals surface area contributed by atoms with Crippen LogP contribution in [0.1, 0.15) is 27.2 Å². The lowest BCUT2D eigenvalue weighted by atomic mass is 10.1. The van der Waals surface area contributed by atoms with Crippen molar-refractivity contribution in [2.24, 2.45) is 5.73 Å². The number of amides is 1. The summed E-state index contributed by atoms with van der Waals surface area (Å²) in [7, 11) is 0. The molecule has 0 aliphatic carbocycles. The maximum Gasteiger partial charge on any atom is 0.226 e.